The lowest BCUT2D eigenvalue weighted by molar-refractivity contribution is -0.127. The molecule has 0 aliphatic rings. The summed E-state index contributed by atoms with van der Waals surface area (Å²) in [5, 5.41) is 2.91. The largest absolute Gasteiger partial charge is 0.481 e. The molecule has 0 saturated carbocycles. The third-order valence-electron chi connectivity index (χ3n) is 3.14. The van der Waals surface area contributed by atoms with E-state index in [0.717, 1.165) is 16.5 Å². The van der Waals surface area contributed by atoms with Crippen LogP contribution >= 0.6 is 15.9 Å². The lowest BCUT2D eigenvalue weighted by Crippen LogP contribution is -2.41. The topological polar surface area (TPSA) is 64.3 Å². The Morgan fingerprint density at radius 3 is 2.60 bits per heavy atom. The number of benzene rings is 1. The highest BCUT2D eigenvalue weighted by Gasteiger charge is 2.18. The molecule has 1 aromatic rings. The van der Waals surface area contributed by atoms with Crippen LogP contribution in [-0.2, 0) is 4.79 Å². The Balaban J connectivity index is 2.81. The van der Waals surface area contributed by atoms with Gasteiger partial charge in [0.05, 0.1) is 0 Å². The molecule has 1 rings (SSSR count). The van der Waals surface area contributed by atoms with Crippen LogP contribution in [0.25, 0.3) is 0 Å². The van der Waals surface area contributed by atoms with Crippen molar-refractivity contribution in [2.24, 2.45) is 5.73 Å². The summed E-state index contributed by atoms with van der Waals surface area (Å²) in [6.07, 6.45) is 0.330. The van der Waals surface area contributed by atoms with Crippen molar-refractivity contribution in [1.29, 1.82) is 0 Å². The van der Waals surface area contributed by atoms with Crippen LogP contribution in [0.4, 0.5) is 0 Å². The second kappa shape index (κ2) is 7.64. The van der Waals surface area contributed by atoms with Crippen LogP contribution in [0.1, 0.15) is 45.7 Å². The van der Waals surface area contributed by atoms with E-state index in [2.05, 4.69) is 21.2 Å². The van der Waals surface area contributed by atoms with E-state index in [0.29, 0.717) is 5.75 Å². The van der Waals surface area contributed by atoms with Gasteiger partial charge in [-0.05, 0) is 39.3 Å². The molecule has 2 unspecified atom stereocenters. The number of nitrogens with two attached hydrogens (primary N) is 1. The van der Waals surface area contributed by atoms with Gasteiger partial charge in [-0.25, -0.2) is 0 Å². The Hall–Kier alpha value is -1.07. The quantitative estimate of drug-likeness (QED) is 0.834. The van der Waals surface area contributed by atoms with E-state index in [1.165, 1.54) is 0 Å². The van der Waals surface area contributed by atoms with Gasteiger partial charge in [-0.3, -0.25) is 4.79 Å². The van der Waals surface area contributed by atoms with Crippen LogP contribution in [0.3, 0.4) is 0 Å². The molecule has 0 aliphatic carbocycles. The van der Waals surface area contributed by atoms with Crippen LogP contribution in [-0.4, -0.2) is 18.1 Å². The fourth-order valence-corrected chi connectivity index (χ4v) is 2.03. The minimum Gasteiger partial charge on any atom is -0.481 e. The van der Waals surface area contributed by atoms with E-state index in [-0.39, 0.29) is 18.0 Å². The van der Waals surface area contributed by atoms with Gasteiger partial charge in [0, 0.05) is 22.1 Å². The smallest absolute Gasteiger partial charge is 0.260 e. The molecule has 112 valence electrons. The summed E-state index contributed by atoms with van der Waals surface area (Å²) in [7, 11) is 0. The van der Waals surface area contributed by atoms with Crippen LogP contribution in [0.2, 0.25) is 0 Å². The van der Waals surface area contributed by atoms with E-state index in [1.807, 2.05) is 39.0 Å². The Bertz CT molecular complexity index is 463. The zero-order valence-electron chi connectivity index (χ0n) is 12.4. The number of ether oxygens (including phenoxy) is 1. The molecule has 0 fully saturated rings. The summed E-state index contributed by atoms with van der Waals surface area (Å²) in [5.74, 6) is 0.524. The SMILES string of the molecule is CCC(C)NC(=O)C(C)Oc1cc(Br)ccc1[C@H](C)N. The van der Waals surface area contributed by atoms with Gasteiger partial charge in [-0.1, -0.05) is 28.9 Å². The van der Waals surface area contributed by atoms with Crippen LogP contribution in [0.5, 0.6) is 5.75 Å². The van der Waals surface area contributed by atoms with E-state index in [1.54, 1.807) is 6.92 Å². The molecule has 0 aliphatic heterocycles. The van der Waals surface area contributed by atoms with Crippen molar-refractivity contribution in [2.45, 2.75) is 52.3 Å². The average Bonchev–Trinajstić information content (AvgIpc) is 2.38. The number of amides is 1. The summed E-state index contributed by atoms with van der Waals surface area (Å²) in [5.41, 5.74) is 6.81. The van der Waals surface area contributed by atoms with E-state index >= 15 is 0 Å². The van der Waals surface area contributed by atoms with E-state index < -0.39 is 6.10 Å². The summed E-state index contributed by atoms with van der Waals surface area (Å²) in [4.78, 5) is 12.0. The molecule has 1 aromatic carbocycles. The van der Waals surface area contributed by atoms with Crippen molar-refractivity contribution in [3.63, 3.8) is 0 Å². The third kappa shape index (κ3) is 4.80. The van der Waals surface area contributed by atoms with Gasteiger partial charge in [0.25, 0.3) is 5.91 Å². The standard InChI is InChI=1S/C15H23BrN2O2/c1-5-9(2)18-15(19)11(4)20-14-8-12(16)6-7-13(14)10(3)17/h6-11H,5,17H2,1-4H3,(H,18,19)/t9?,10-,11?/m0/s1. The molecule has 0 spiro atoms. The van der Waals surface area contributed by atoms with Crippen molar-refractivity contribution >= 4 is 21.8 Å². The maximum atomic E-state index is 12.0. The first kappa shape index (κ1) is 17.0. The van der Waals surface area contributed by atoms with Crippen molar-refractivity contribution in [2.75, 3.05) is 0 Å². The first-order valence-corrected chi connectivity index (χ1v) is 7.66. The predicted molar refractivity (Wildman–Crippen MR) is 84.7 cm³/mol. The number of rotatable bonds is 6. The molecule has 0 saturated heterocycles. The van der Waals surface area contributed by atoms with Crippen molar-refractivity contribution < 1.29 is 9.53 Å². The number of carbonyl (C=O) groups is 1. The van der Waals surface area contributed by atoms with Crippen LogP contribution < -0.4 is 15.8 Å². The second-order valence-corrected chi connectivity index (χ2v) is 5.96. The molecular weight excluding hydrogens is 320 g/mol. The van der Waals surface area contributed by atoms with Gasteiger partial charge >= 0.3 is 0 Å². The molecule has 20 heavy (non-hydrogen) atoms. The number of nitrogens with one attached hydrogen (secondary N) is 1. The first-order valence-electron chi connectivity index (χ1n) is 6.87. The zero-order chi connectivity index (χ0) is 15.3. The summed E-state index contributed by atoms with van der Waals surface area (Å²) < 4.78 is 6.67. The Kier molecular flexibility index (Phi) is 6.49. The average molecular weight is 343 g/mol. The maximum absolute atomic E-state index is 12.0. The lowest BCUT2D eigenvalue weighted by atomic mass is 10.1. The van der Waals surface area contributed by atoms with Crippen LogP contribution in [0, 0.1) is 0 Å². The number of hydrogen-bond acceptors (Lipinski definition) is 3. The van der Waals surface area contributed by atoms with E-state index in [4.69, 9.17) is 10.5 Å². The molecule has 0 aromatic heterocycles. The third-order valence-corrected chi connectivity index (χ3v) is 3.63. The normalized spacial score (nSPS) is 15.3. The van der Waals surface area contributed by atoms with Gasteiger partial charge in [-0.2, -0.15) is 0 Å². The summed E-state index contributed by atoms with van der Waals surface area (Å²) in [6, 6.07) is 5.65. The summed E-state index contributed by atoms with van der Waals surface area (Å²) in [6.45, 7) is 7.62. The molecule has 3 N–H and O–H groups in total. The lowest BCUT2D eigenvalue weighted by Gasteiger charge is -2.20. The molecule has 4 nitrogen and oxygen atoms in total. The number of halogens is 1. The number of carbonyl (C=O) groups excluding carboxylic acids is 1. The Labute approximate surface area is 129 Å². The molecular formula is C15H23BrN2O2. The molecule has 0 radical (unpaired) electrons. The summed E-state index contributed by atoms with van der Waals surface area (Å²) >= 11 is 3.40. The fraction of sp³-hybridized carbons (Fsp3) is 0.533. The molecule has 3 atom stereocenters. The van der Waals surface area contributed by atoms with Gasteiger partial charge in [0.2, 0.25) is 0 Å². The zero-order valence-corrected chi connectivity index (χ0v) is 14.0. The predicted octanol–water partition coefficient (Wildman–Crippen LogP) is 3.15. The number of hydrogen-bond donors (Lipinski definition) is 2. The molecule has 0 bridgehead atoms. The van der Waals surface area contributed by atoms with Crippen molar-refractivity contribution in [1.82, 2.24) is 5.32 Å². The van der Waals surface area contributed by atoms with Gasteiger partial charge < -0.3 is 15.8 Å². The van der Waals surface area contributed by atoms with Gasteiger partial charge in [0.15, 0.2) is 6.10 Å². The Morgan fingerprint density at radius 1 is 1.40 bits per heavy atom. The Morgan fingerprint density at radius 2 is 2.05 bits per heavy atom. The monoisotopic (exact) mass is 342 g/mol. The maximum Gasteiger partial charge on any atom is 0.260 e. The highest BCUT2D eigenvalue weighted by molar-refractivity contribution is 9.10. The minimum atomic E-state index is -0.559. The van der Waals surface area contributed by atoms with E-state index in [9.17, 15) is 4.79 Å². The van der Waals surface area contributed by atoms with Crippen LogP contribution in [0.15, 0.2) is 22.7 Å². The highest BCUT2D eigenvalue weighted by atomic mass is 79.9. The van der Waals surface area contributed by atoms with Gasteiger partial charge in [-0.15, -0.1) is 0 Å². The first-order chi connectivity index (χ1) is 9.35. The highest BCUT2D eigenvalue weighted by Crippen LogP contribution is 2.28. The van der Waals surface area contributed by atoms with Crippen molar-refractivity contribution in [3.8, 4) is 5.75 Å². The minimum absolute atomic E-state index is 0.116. The van der Waals surface area contributed by atoms with Gasteiger partial charge in [0.1, 0.15) is 5.75 Å². The second-order valence-electron chi connectivity index (χ2n) is 5.05. The molecule has 1 amide bonds. The molecule has 5 heteroatoms. The van der Waals surface area contributed by atoms with Crippen molar-refractivity contribution in [3.05, 3.63) is 28.2 Å². The fourth-order valence-electron chi connectivity index (χ4n) is 1.69. The molecule has 0 heterocycles.